The third kappa shape index (κ3) is 2.28. The standard InChI is InChI=1S/C13H13N5O2/c14-7-9-3-1-5-15-11(9)18-6-2-4-10(8-18)12-16-17-13(19)20-12/h1,3,5,10H,2,4,6,8H2,(H,17,19). The van der Waals surface area contributed by atoms with Gasteiger partial charge in [0.25, 0.3) is 0 Å². The van der Waals surface area contributed by atoms with E-state index in [0.29, 0.717) is 23.8 Å². The van der Waals surface area contributed by atoms with Gasteiger partial charge in [-0.2, -0.15) is 5.26 Å². The topological polar surface area (TPSA) is 98.8 Å². The predicted molar refractivity (Wildman–Crippen MR) is 70.3 cm³/mol. The number of H-pyrrole nitrogens is 1. The summed E-state index contributed by atoms with van der Waals surface area (Å²) in [7, 11) is 0. The van der Waals surface area contributed by atoms with Crippen molar-refractivity contribution in [2.24, 2.45) is 0 Å². The van der Waals surface area contributed by atoms with E-state index in [1.54, 1.807) is 18.3 Å². The summed E-state index contributed by atoms with van der Waals surface area (Å²) in [4.78, 5) is 17.4. The Hall–Kier alpha value is -2.62. The molecule has 2 aromatic rings. The van der Waals surface area contributed by atoms with Crippen LogP contribution in [0.4, 0.5) is 5.82 Å². The monoisotopic (exact) mass is 271 g/mol. The summed E-state index contributed by atoms with van der Waals surface area (Å²) in [5.41, 5.74) is 0.552. The van der Waals surface area contributed by atoms with Crippen molar-refractivity contribution >= 4 is 5.82 Å². The van der Waals surface area contributed by atoms with Gasteiger partial charge < -0.3 is 9.32 Å². The second-order valence-electron chi connectivity index (χ2n) is 4.72. The van der Waals surface area contributed by atoms with Gasteiger partial charge in [-0.15, -0.1) is 5.10 Å². The van der Waals surface area contributed by atoms with Gasteiger partial charge in [-0.25, -0.2) is 14.9 Å². The number of hydrogen-bond donors (Lipinski definition) is 1. The van der Waals surface area contributed by atoms with Crippen molar-refractivity contribution in [3.05, 3.63) is 40.3 Å². The van der Waals surface area contributed by atoms with Crippen molar-refractivity contribution in [3.63, 3.8) is 0 Å². The van der Waals surface area contributed by atoms with Crippen LogP contribution in [0.1, 0.15) is 30.2 Å². The molecule has 1 fully saturated rings. The normalized spacial score (nSPS) is 18.8. The number of aromatic amines is 1. The largest absolute Gasteiger partial charge is 0.434 e. The van der Waals surface area contributed by atoms with Crippen LogP contribution in [0.5, 0.6) is 0 Å². The summed E-state index contributed by atoms with van der Waals surface area (Å²) in [6.07, 6.45) is 3.51. The first-order valence-corrected chi connectivity index (χ1v) is 6.43. The first-order valence-electron chi connectivity index (χ1n) is 6.43. The van der Waals surface area contributed by atoms with E-state index in [4.69, 9.17) is 9.68 Å². The Kier molecular flexibility index (Phi) is 3.21. The first-order chi connectivity index (χ1) is 9.78. The van der Waals surface area contributed by atoms with Gasteiger partial charge in [-0.3, -0.25) is 0 Å². The lowest BCUT2D eigenvalue weighted by atomic mass is 9.97. The van der Waals surface area contributed by atoms with Gasteiger partial charge in [0.15, 0.2) is 0 Å². The van der Waals surface area contributed by atoms with E-state index in [0.717, 1.165) is 19.4 Å². The lowest BCUT2D eigenvalue weighted by Crippen LogP contribution is -2.35. The van der Waals surface area contributed by atoms with Crippen molar-refractivity contribution in [2.45, 2.75) is 18.8 Å². The Morgan fingerprint density at radius 2 is 2.45 bits per heavy atom. The fraction of sp³-hybridized carbons (Fsp3) is 0.385. The van der Waals surface area contributed by atoms with Crippen molar-refractivity contribution in [2.75, 3.05) is 18.0 Å². The van der Waals surface area contributed by atoms with Crippen LogP contribution in [0.15, 0.2) is 27.5 Å². The molecule has 0 aromatic carbocycles. The summed E-state index contributed by atoms with van der Waals surface area (Å²) < 4.78 is 5.03. The average Bonchev–Trinajstić information content (AvgIpc) is 2.94. The van der Waals surface area contributed by atoms with Crippen LogP contribution in [-0.4, -0.2) is 28.3 Å². The molecule has 102 valence electrons. The van der Waals surface area contributed by atoms with E-state index in [9.17, 15) is 4.79 Å². The second kappa shape index (κ2) is 5.17. The molecule has 1 unspecified atom stereocenters. The van der Waals surface area contributed by atoms with Crippen molar-refractivity contribution < 1.29 is 4.42 Å². The summed E-state index contributed by atoms with van der Waals surface area (Å²) in [6, 6.07) is 5.65. The lowest BCUT2D eigenvalue weighted by Gasteiger charge is -2.32. The molecule has 0 bridgehead atoms. The Bertz CT molecular complexity index is 699. The van der Waals surface area contributed by atoms with Gasteiger partial charge in [0.05, 0.1) is 11.5 Å². The molecule has 1 aliphatic rings. The molecule has 0 amide bonds. The minimum atomic E-state index is -0.535. The minimum absolute atomic E-state index is 0.0382. The molecule has 7 nitrogen and oxygen atoms in total. The fourth-order valence-corrected chi connectivity index (χ4v) is 2.52. The van der Waals surface area contributed by atoms with Gasteiger partial charge in [-0.05, 0) is 25.0 Å². The third-order valence-corrected chi connectivity index (χ3v) is 3.43. The molecule has 0 saturated carbocycles. The molecule has 7 heteroatoms. The zero-order valence-electron chi connectivity index (χ0n) is 10.7. The molecule has 1 N–H and O–H groups in total. The molecule has 0 radical (unpaired) electrons. The second-order valence-corrected chi connectivity index (χ2v) is 4.72. The highest BCUT2D eigenvalue weighted by atomic mass is 16.4. The number of hydrogen-bond acceptors (Lipinski definition) is 6. The minimum Gasteiger partial charge on any atom is -0.392 e. The Morgan fingerprint density at radius 1 is 1.55 bits per heavy atom. The number of piperidine rings is 1. The number of rotatable bonds is 2. The summed E-state index contributed by atoms with van der Waals surface area (Å²) in [5.74, 6) is 0.607. The van der Waals surface area contributed by atoms with E-state index in [-0.39, 0.29) is 5.92 Å². The highest BCUT2D eigenvalue weighted by Crippen LogP contribution is 2.28. The zero-order chi connectivity index (χ0) is 13.9. The summed E-state index contributed by atoms with van der Waals surface area (Å²) in [6.45, 7) is 1.47. The van der Waals surface area contributed by atoms with Gasteiger partial charge in [0.2, 0.25) is 5.89 Å². The average molecular weight is 271 g/mol. The van der Waals surface area contributed by atoms with Crippen LogP contribution in [0, 0.1) is 11.3 Å². The molecule has 1 aliphatic heterocycles. The fourth-order valence-electron chi connectivity index (χ4n) is 2.52. The van der Waals surface area contributed by atoms with Crippen LogP contribution >= 0.6 is 0 Å². The van der Waals surface area contributed by atoms with Crippen LogP contribution in [-0.2, 0) is 0 Å². The van der Waals surface area contributed by atoms with E-state index in [2.05, 4.69) is 21.3 Å². The van der Waals surface area contributed by atoms with Gasteiger partial charge in [0, 0.05) is 19.3 Å². The molecule has 1 atom stereocenters. The van der Waals surface area contributed by atoms with E-state index >= 15 is 0 Å². The molecule has 3 heterocycles. The Balaban J connectivity index is 1.85. The number of nitrogens with one attached hydrogen (secondary N) is 1. The van der Waals surface area contributed by atoms with Crippen LogP contribution in [0.3, 0.4) is 0 Å². The van der Waals surface area contributed by atoms with Crippen LogP contribution < -0.4 is 10.7 Å². The van der Waals surface area contributed by atoms with Crippen LogP contribution in [0.25, 0.3) is 0 Å². The first kappa shape index (κ1) is 12.4. The molecular weight excluding hydrogens is 258 g/mol. The summed E-state index contributed by atoms with van der Waals surface area (Å²) in [5, 5.41) is 15.3. The van der Waals surface area contributed by atoms with Gasteiger partial charge in [0.1, 0.15) is 11.9 Å². The predicted octanol–water partition coefficient (Wildman–Crippen LogP) is 1.01. The molecule has 2 aromatic heterocycles. The number of nitrogens with zero attached hydrogens (tertiary/aromatic N) is 4. The Labute approximate surface area is 114 Å². The van der Waals surface area contributed by atoms with Gasteiger partial charge >= 0.3 is 5.76 Å². The zero-order valence-corrected chi connectivity index (χ0v) is 10.7. The third-order valence-electron chi connectivity index (χ3n) is 3.43. The summed E-state index contributed by atoms with van der Waals surface area (Å²) >= 11 is 0. The highest BCUT2D eigenvalue weighted by molar-refractivity contribution is 5.53. The SMILES string of the molecule is N#Cc1cccnc1N1CCCC(c2n[nH]c(=O)o2)C1. The number of aromatic nitrogens is 3. The van der Waals surface area contributed by atoms with Crippen molar-refractivity contribution in [1.29, 1.82) is 5.26 Å². The Morgan fingerprint density at radius 3 is 3.20 bits per heavy atom. The molecule has 0 aliphatic carbocycles. The molecule has 0 spiro atoms. The number of anilines is 1. The van der Waals surface area contributed by atoms with Crippen molar-refractivity contribution in [1.82, 2.24) is 15.2 Å². The van der Waals surface area contributed by atoms with E-state index in [1.807, 2.05) is 4.90 Å². The molecule has 1 saturated heterocycles. The molecule has 3 rings (SSSR count). The maximum Gasteiger partial charge on any atom is 0.434 e. The van der Waals surface area contributed by atoms with E-state index in [1.165, 1.54) is 0 Å². The number of nitriles is 1. The lowest BCUT2D eigenvalue weighted by molar-refractivity contribution is 0.384. The van der Waals surface area contributed by atoms with Crippen LogP contribution in [0.2, 0.25) is 0 Å². The van der Waals surface area contributed by atoms with E-state index < -0.39 is 5.76 Å². The maximum atomic E-state index is 11.0. The number of pyridine rings is 1. The van der Waals surface area contributed by atoms with Gasteiger partial charge in [-0.1, -0.05) is 0 Å². The maximum absolute atomic E-state index is 11.0. The molecule has 20 heavy (non-hydrogen) atoms. The quantitative estimate of drug-likeness (QED) is 0.875. The smallest absolute Gasteiger partial charge is 0.392 e. The highest BCUT2D eigenvalue weighted by Gasteiger charge is 2.27. The molecular formula is C13H13N5O2. The van der Waals surface area contributed by atoms with Crippen molar-refractivity contribution in [3.8, 4) is 6.07 Å².